The zero-order valence-electron chi connectivity index (χ0n) is 12.8. The normalized spacial score (nSPS) is 15.4. The van der Waals surface area contributed by atoms with Gasteiger partial charge in [0.15, 0.2) is 0 Å². The van der Waals surface area contributed by atoms with Crippen LogP contribution >= 0.6 is 0 Å². The highest BCUT2D eigenvalue weighted by molar-refractivity contribution is 5.90. The first kappa shape index (κ1) is 16.1. The summed E-state index contributed by atoms with van der Waals surface area (Å²) in [5.41, 5.74) is 7.25. The Morgan fingerprint density at radius 2 is 1.91 bits per heavy atom. The van der Waals surface area contributed by atoms with Crippen LogP contribution < -0.4 is 16.0 Å². The lowest BCUT2D eigenvalue weighted by atomic mass is 9.96. The molecule has 2 amide bonds. The molecule has 1 aliphatic rings. The summed E-state index contributed by atoms with van der Waals surface area (Å²) < 4.78 is 0. The Balaban J connectivity index is 1.88. The van der Waals surface area contributed by atoms with Crippen molar-refractivity contribution in [2.24, 2.45) is 11.7 Å². The van der Waals surface area contributed by atoms with E-state index in [1.807, 2.05) is 24.3 Å². The molecule has 0 spiro atoms. The largest absolute Gasteiger partial charge is 0.371 e. The van der Waals surface area contributed by atoms with Gasteiger partial charge >= 0.3 is 0 Å². The molecular formula is C17H23N3O2. The number of amides is 2. The first-order chi connectivity index (χ1) is 10.6. The molecular weight excluding hydrogens is 278 g/mol. The Hall–Kier alpha value is -2.30. The maximum absolute atomic E-state index is 11.6. The summed E-state index contributed by atoms with van der Waals surface area (Å²) in [6, 6.07) is 7.80. The van der Waals surface area contributed by atoms with E-state index in [1.54, 1.807) is 6.08 Å². The molecule has 22 heavy (non-hydrogen) atoms. The number of piperidine rings is 1. The van der Waals surface area contributed by atoms with E-state index in [0.29, 0.717) is 12.8 Å². The number of carbonyl (C=O) groups excluding carboxylic acids is 2. The highest BCUT2D eigenvalue weighted by Gasteiger charge is 2.23. The van der Waals surface area contributed by atoms with E-state index in [1.165, 1.54) is 0 Å². The van der Waals surface area contributed by atoms with E-state index < -0.39 is 0 Å². The van der Waals surface area contributed by atoms with Crippen molar-refractivity contribution in [1.82, 2.24) is 0 Å². The maximum atomic E-state index is 11.6. The molecule has 0 atom stereocenters. The van der Waals surface area contributed by atoms with Crippen LogP contribution in [0.15, 0.2) is 36.9 Å². The van der Waals surface area contributed by atoms with Gasteiger partial charge in [-0.25, -0.2) is 0 Å². The quantitative estimate of drug-likeness (QED) is 0.792. The first-order valence-corrected chi connectivity index (χ1v) is 7.65. The number of allylic oxidation sites excluding steroid dienone is 1. The van der Waals surface area contributed by atoms with Crippen LogP contribution in [0.3, 0.4) is 0 Å². The van der Waals surface area contributed by atoms with Crippen LogP contribution in [-0.4, -0.2) is 24.9 Å². The average Bonchev–Trinajstić information content (AvgIpc) is 2.54. The monoisotopic (exact) mass is 301 g/mol. The first-order valence-electron chi connectivity index (χ1n) is 7.65. The third-order valence-electron chi connectivity index (χ3n) is 3.99. The molecule has 118 valence electrons. The second kappa shape index (κ2) is 7.64. The van der Waals surface area contributed by atoms with Gasteiger partial charge in [-0.05, 0) is 43.5 Å². The standard InChI is InChI=1S/C17H23N3O2/c1-2-3-4-16(21)19-14-5-7-15(8-6-14)20-11-9-13(10-12-20)17(18)22/h2,5-8,13H,1,3-4,9-12H2,(H2,18,22)(H,19,21). The predicted octanol–water partition coefficient (Wildman–Crippen LogP) is 2.29. The van der Waals surface area contributed by atoms with Crippen molar-refractivity contribution in [2.45, 2.75) is 25.7 Å². The summed E-state index contributed by atoms with van der Waals surface area (Å²) in [6.07, 6.45) is 4.47. The summed E-state index contributed by atoms with van der Waals surface area (Å²) in [5.74, 6) is -0.202. The topological polar surface area (TPSA) is 75.4 Å². The lowest BCUT2D eigenvalue weighted by Crippen LogP contribution is -2.38. The van der Waals surface area contributed by atoms with Crippen LogP contribution in [0, 0.1) is 5.92 Å². The summed E-state index contributed by atoms with van der Waals surface area (Å²) in [6.45, 7) is 5.27. The zero-order chi connectivity index (χ0) is 15.9. The fraction of sp³-hybridized carbons (Fsp3) is 0.412. The van der Waals surface area contributed by atoms with E-state index in [0.717, 1.165) is 37.3 Å². The van der Waals surface area contributed by atoms with E-state index >= 15 is 0 Å². The molecule has 0 bridgehead atoms. The van der Waals surface area contributed by atoms with E-state index in [4.69, 9.17) is 5.73 Å². The maximum Gasteiger partial charge on any atom is 0.224 e. The van der Waals surface area contributed by atoms with Crippen molar-refractivity contribution in [1.29, 1.82) is 0 Å². The number of nitrogens with two attached hydrogens (primary N) is 1. The van der Waals surface area contributed by atoms with Crippen molar-refractivity contribution in [2.75, 3.05) is 23.3 Å². The molecule has 1 aromatic rings. The summed E-state index contributed by atoms with van der Waals surface area (Å²) in [7, 11) is 0. The molecule has 0 radical (unpaired) electrons. The molecule has 0 aromatic heterocycles. The number of carbonyl (C=O) groups is 2. The minimum atomic E-state index is -0.197. The van der Waals surface area contributed by atoms with Gasteiger partial charge in [0.2, 0.25) is 11.8 Å². The summed E-state index contributed by atoms with van der Waals surface area (Å²) in [4.78, 5) is 25.1. The van der Waals surface area contributed by atoms with Crippen LogP contribution in [0.2, 0.25) is 0 Å². The van der Waals surface area contributed by atoms with Gasteiger partial charge in [-0.2, -0.15) is 0 Å². The molecule has 2 rings (SSSR count). The Labute approximate surface area is 131 Å². The Bertz CT molecular complexity index is 531. The van der Waals surface area contributed by atoms with Gasteiger partial charge in [-0.15, -0.1) is 6.58 Å². The zero-order valence-corrected chi connectivity index (χ0v) is 12.8. The molecule has 3 N–H and O–H groups in total. The number of hydrogen-bond donors (Lipinski definition) is 2. The molecule has 0 aliphatic carbocycles. The van der Waals surface area contributed by atoms with Crippen LogP contribution in [-0.2, 0) is 9.59 Å². The number of primary amides is 1. The van der Waals surface area contributed by atoms with E-state index in [9.17, 15) is 9.59 Å². The van der Waals surface area contributed by atoms with Crippen LogP contribution in [0.5, 0.6) is 0 Å². The molecule has 0 unspecified atom stereocenters. The number of nitrogens with one attached hydrogen (secondary N) is 1. The van der Waals surface area contributed by atoms with E-state index in [-0.39, 0.29) is 17.7 Å². The fourth-order valence-corrected chi connectivity index (χ4v) is 2.63. The van der Waals surface area contributed by atoms with Crippen LogP contribution in [0.4, 0.5) is 11.4 Å². The van der Waals surface area contributed by atoms with E-state index in [2.05, 4.69) is 16.8 Å². The molecule has 1 fully saturated rings. The van der Waals surface area contributed by atoms with Crippen molar-refractivity contribution in [3.63, 3.8) is 0 Å². The second-order valence-electron chi connectivity index (χ2n) is 5.59. The average molecular weight is 301 g/mol. The van der Waals surface area contributed by atoms with Crippen LogP contribution in [0.1, 0.15) is 25.7 Å². The van der Waals surface area contributed by atoms with Gasteiger partial charge in [0.05, 0.1) is 0 Å². The minimum absolute atomic E-state index is 0.000304. The van der Waals surface area contributed by atoms with Gasteiger partial charge in [0.25, 0.3) is 0 Å². The number of rotatable bonds is 6. The molecule has 5 nitrogen and oxygen atoms in total. The lowest BCUT2D eigenvalue weighted by molar-refractivity contribution is -0.122. The minimum Gasteiger partial charge on any atom is -0.371 e. The Kier molecular flexibility index (Phi) is 5.58. The number of anilines is 2. The van der Waals surface area contributed by atoms with Gasteiger partial charge < -0.3 is 16.0 Å². The Morgan fingerprint density at radius 3 is 2.45 bits per heavy atom. The molecule has 1 aliphatic heterocycles. The third-order valence-corrected chi connectivity index (χ3v) is 3.99. The van der Waals surface area contributed by atoms with Crippen molar-refractivity contribution in [3.05, 3.63) is 36.9 Å². The number of hydrogen-bond acceptors (Lipinski definition) is 3. The third kappa shape index (κ3) is 4.35. The number of nitrogens with zero attached hydrogens (tertiary/aromatic N) is 1. The van der Waals surface area contributed by atoms with Crippen molar-refractivity contribution >= 4 is 23.2 Å². The second-order valence-corrected chi connectivity index (χ2v) is 5.59. The Morgan fingerprint density at radius 1 is 1.27 bits per heavy atom. The SMILES string of the molecule is C=CCCC(=O)Nc1ccc(N2CCC(C(N)=O)CC2)cc1. The fourth-order valence-electron chi connectivity index (χ4n) is 2.63. The molecule has 1 saturated heterocycles. The highest BCUT2D eigenvalue weighted by atomic mass is 16.2. The molecule has 0 saturated carbocycles. The van der Waals surface area contributed by atoms with Gasteiger partial charge in [0, 0.05) is 36.8 Å². The molecule has 1 aromatic carbocycles. The summed E-state index contributed by atoms with van der Waals surface area (Å²) >= 11 is 0. The molecule has 5 heteroatoms. The highest BCUT2D eigenvalue weighted by Crippen LogP contribution is 2.24. The van der Waals surface area contributed by atoms with Crippen LogP contribution in [0.25, 0.3) is 0 Å². The van der Waals surface area contributed by atoms with Gasteiger partial charge in [-0.3, -0.25) is 9.59 Å². The lowest BCUT2D eigenvalue weighted by Gasteiger charge is -2.32. The molecule has 1 heterocycles. The number of benzene rings is 1. The van der Waals surface area contributed by atoms with Crippen molar-refractivity contribution in [3.8, 4) is 0 Å². The summed E-state index contributed by atoms with van der Waals surface area (Å²) in [5, 5.41) is 2.86. The van der Waals surface area contributed by atoms with Crippen molar-refractivity contribution < 1.29 is 9.59 Å². The predicted molar refractivity (Wildman–Crippen MR) is 88.6 cm³/mol. The van der Waals surface area contributed by atoms with Gasteiger partial charge in [-0.1, -0.05) is 6.08 Å². The smallest absolute Gasteiger partial charge is 0.224 e. The van der Waals surface area contributed by atoms with Gasteiger partial charge in [0.1, 0.15) is 0 Å².